The van der Waals surface area contributed by atoms with E-state index in [9.17, 15) is 9.59 Å². The number of nitrogens with zero attached hydrogens (tertiary/aromatic N) is 3. The summed E-state index contributed by atoms with van der Waals surface area (Å²) < 4.78 is 0. The third-order valence-corrected chi connectivity index (χ3v) is 4.71. The summed E-state index contributed by atoms with van der Waals surface area (Å²) in [6.45, 7) is 4.89. The summed E-state index contributed by atoms with van der Waals surface area (Å²) in [7, 11) is 1.91. The van der Waals surface area contributed by atoms with Gasteiger partial charge < -0.3 is 14.8 Å². The second kappa shape index (κ2) is 7.34. The van der Waals surface area contributed by atoms with Gasteiger partial charge in [0.1, 0.15) is 5.69 Å². The Morgan fingerprint density at radius 2 is 2.16 bits per heavy atom. The normalized spacial score (nSPS) is 17.2. The summed E-state index contributed by atoms with van der Waals surface area (Å²) in [5.41, 5.74) is 2.39. The summed E-state index contributed by atoms with van der Waals surface area (Å²) in [6, 6.07) is 5.81. The Labute approximate surface area is 146 Å². The minimum Gasteiger partial charge on any atom is -0.365 e. The monoisotopic (exact) mass is 338 g/mol. The third-order valence-electron chi connectivity index (χ3n) is 4.71. The number of carbonyl (C=O) groups is 1. The van der Waals surface area contributed by atoms with E-state index in [1.165, 1.54) is 6.08 Å². The molecule has 25 heavy (non-hydrogen) atoms. The molecule has 3 heterocycles. The van der Waals surface area contributed by atoms with Crippen LogP contribution in [-0.2, 0) is 4.79 Å². The smallest absolute Gasteiger partial charge is 0.271 e. The van der Waals surface area contributed by atoms with Crippen molar-refractivity contribution in [1.82, 2.24) is 14.9 Å². The lowest BCUT2D eigenvalue weighted by Crippen LogP contribution is -2.49. The average molecular weight is 338 g/mol. The van der Waals surface area contributed by atoms with E-state index in [1.54, 1.807) is 23.5 Å². The van der Waals surface area contributed by atoms with Gasteiger partial charge in [-0.1, -0.05) is 6.58 Å². The average Bonchev–Trinajstić information content (AvgIpc) is 2.68. The van der Waals surface area contributed by atoms with Crippen LogP contribution in [0.3, 0.4) is 0 Å². The highest BCUT2D eigenvalue weighted by atomic mass is 16.2. The van der Waals surface area contributed by atoms with E-state index in [0.29, 0.717) is 12.2 Å². The molecular weight excluding hydrogens is 316 g/mol. The Morgan fingerprint density at radius 3 is 2.88 bits per heavy atom. The van der Waals surface area contributed by atoms with Crippen molar-refractivity contribution in [2.45, 2.75) is 18.9 Å². The molecule has 6 heteroatoms. The van der Waals surface area contributed by atoms with Crippen molar-refractivity contribution in [3.63, 3.8) is 0 Å². The van der Waals surface area contributed by atoms with Crippen molar-refractivity contribution in [1.29, 1.82) is 0 Å². The van der Waals surface area contributed by atoms with E-state index in [4.69, 9.17) is 0 Å². The molecule has 0 spiro atoms. The van der Waals surface area contributed by atoms with Crippen LogP contribution in [0, 0.1) is 0 Å². The number of aromatic nitrogens is 2. The Kier molecular flexibility index (Phi) is 4.97. The molecule has 0 bridgehead atoms. The molecule has 0 aliphatic carbocycles. The van der Waals surface area contributed by atoms with E-state index in [2.05, 4.69) is 16.5 Å². The molecule has 1 atom stereocenters. The van der Waals surface area contributed by atoms with Crippen LogP contribution in [0.1, 0.15) is 12.8 Å². The van der Waals surface area contributed by atoms with Gasteiger partial charge in [0, 0.05) is 50.3 Å². The first-order valence-corrected chi connectivity index (χ1v) is 8.37. The number of piperidine rings is 1. The van der Waals surface area contributed by atoms with Gasteiger partial charge in [0.2, 0.25) is 5.91 Å². The largest absolute Gasteiger partial charge is 0.365 e. The van der Waals surface area contributed by atoms with Crippen molar-refractivity contribution in [3.8, 4) is 11.1 Å². The van der Waals surface area contributed by atoms with E-state index in [-0.39, 0.29) is 17.5 Å². The fourth-order valence-corrected chi connectivity index (χ4v) is 3.24. The fraction of sp³-hybridized carbons (Fsp3) is 0.316. The highest BCUT2D eigenvalue weighted by Gasteiger charge is 2.26. The Hall–Kier alpha value is -2.89. The number of hydrogen-bond acceptors (Lipinski definition) is 4. The molecule has 1 amide bonds. The number of likely N-dealkylation sites (N-methyl/N-ethyl adjacent to an activating group) is 1. The number of hydrogen-bond donors (Lipinski definition) is 1. The number of aromatic amines is 1. The molecule has 1 fully saturated rings. The molecule has 0 radical (unpaired) electrons. The molecule has 2 aromatic heterocycles. The summed E-state index contributed by atoms with van der Waals surface area (Å²) >= 11 is 0. The van der Waals surface area contributed by atoms with Crippen LogP contribution in [0.15, 0.2) is 54.2 Å². The van der Waals surface area contributed by atoms with Crippen molar-refractivity contribution in [2.24, 2.45) is 0 Å². The molecular formula is C19H22N4O2. The van der Waals surface area contributed by atoms with Crippen molar-refractivity contribution < 1.29 is 4.79 Å². The summed E-state index contributed by atoms with van der Waals surface area (Å²) in [4.78, 5) is 34.9. The quantitative estimate of drug-likeness (QED) is 0.866. The van der Waals surface area contributed by atoms with Gasteiger partial charge in [-0.25, -0.2) is 0 Å². The summed E-state index contributed by atoms with van der Waals surface area (Å²) in [6.07, 6.45) is 8.36. The van der Waals surface area contributed by atoms with Crippen LogP contribution in [0.2, 0.25) is 0 Å². The predicted molar refractivity (Wildman–Crippen MR) is 98.5 cm³/mol. The van der Waals surface area contributed by atoms with Crippen molar-refractivity contribution in [3.05, 3.63) is 59.8 Å². The fourth-order valence-electron chi connectivity index (χ4n) is 3.24. The van der Waals surface area contributed by atoms with Crippen molar-refractivity contribution in [2.75, 3.05) is 25.0 Å². The van der Waals surface area contributed by atoms with E-state index < -0.39 is 0 Å². The number of likely N-dealkylation sites (tertiary alicyclic amines) is 1. The second-order valence-electron chi connectivity index (χ2n) is 6.23. The second-order valence-corrected chi connectivity index (χ2v) is 6.23. The third kappa shape index (κ3) is 3.63. The molecule has 0 saturated carbocycles. The maximum atomic E-state index is 12.4. The Balaban J connectivity index is 1.86. The topological polar surface area (TPSA) is 69.3 Å². The van der Waals surface area contributed by atoms with Crippen LogP contribution in [0.4, 0.5) is 5.69 Å². The predicted octanol–water partition coefficient (Wildman–Crippen LogP) is 2.05. The SMILES string of the molecule is C=CC(=O)N1CCC[C@H](N(C)c2cc(-c3ccncc3)c[nH]c2=O)C1. The standard InChI is InChI=1S/C19H22N4O2/c1-3-18(24)23-10-4-5-16(13-23)22(2)17-11-15(12-21-19(17)25)14-6-8-20-9-7-14/h3,6-9,11-12,16H,1,4-5,10,13H2,2H3,(H,21,25)/t16-/m0/s1. The first-order valence-electron chi connectivity index (χ1n) is 8.37. The molecule has 1 N–H and O–H groups in total. The van der Waals surface area contributed by atoms with Gasteiger partial charge in [-0.15, -0.1) is 0 Å². The number of nitrogens with one attached hydrogen (secondary N) is 1. The van der Waals surface area contributed by atoms with Crippen LogP contribution in [0.5, 0.6) is 0 Å². The lowest BCUT2D eigenvalue weighted by molar-refractivity contribution is -0.127. The van der Waals surface area contributed by atoms with E-state index >= 15 is 0 Å². The summed E-state index contributed by atoms with van der Waals surface area (Å²) in [5.74, 6) is -0.0578. The van der Waals surface area contributed by atoms with Gasteiger partial charge in [-0.05, 0) is 42.7 Å². The first kappa shape index (κ1) is 17.0. The number of carbonyl (C=O) groups excluding carboxylic acids is 1. The number of anilines is 1. The first-order chi connectivity index (χ1) is 12.1. The van der Waals surface area contributed by atoms with Gasteiger partial charge in [0.15, 0.2) is 0 Å². The van der Waals surface area contributed by atoms with Crippen LogP contribution >= 0.6 is 0 Å². The minimum absolute atomic E-state index is 0.0578. The minimum atomic E-state index is -0.132. The lowest BCUT2D eigenvalue weighted by Gasteiger charge is -2.38. The van der Waals surface area contributed by atoms with Gasteiger partial charge in [0.25, 0.3) is 5.56 Å². The van der Waals surface area contributed by atoms with Crippen molar-refractivity contribution >= 4 is 11.6 Å². The zero-order chi connectivity index (χ0) is 17.8. The molecule has 3 rings (SSSR count). The zero-order valence-corrected chi connectivity index (χ0v) is 14.3. The maximum absolute atomic E-state index is 12.4. The number of rotatable bonds is 4. The molecule has 130 valence electrons. The molecule has 2 aromatic rings. The molecule has 1 aliphatic heterocycles. The molecule has 1 saturated heterocycles. The van der Waals surface area contributed by atoms with Crippen LogP contribution in [0.25, 0.3) is 11.1 Å². The Morgan fingerprint density at radius 1 is 1.40 bits per heavy atom. The lowest BCUT2D eigenvalue weighted by atomic mass is 10.0. The highest BCUT2D eigenvalue weighted by molar-refractivity contribution is 5.87. The Bertz CT molecular complexity index is 816. The van der Waals surface area contributed by atoms with Gasteiger partial charge >= 0.3 is 0 Å². The number of amides is 1. The number of H-pyrrole nitrogens is 1. The van der Waals surface area contributed by atoms with E-state index in [1.807, 2.05) is 30.1 Å². The molecule has 0 unspecified atom stereocenters. The van der Waals surface area contributed by atoms with Crippen LogP contribution in [-0.4, -0.2) is 47.0 Å². The van der Waals surface area contributed by atoms with Gasteiger partial charge in [0.05, 0.1) is 0 Å². The molecule has 6 nitrogen and oxygen atoms in total. The van der Waals surface area contributed by atoms with Crippen LogP contribution < -0.4 is 10.5 Å². The summed E-state index contributed by atoms with van der Waals surface area (Å²) in [5, 5.41) is 0. The number of pyridine rings is 2. The van der Waals surface area contributed by atoms with E-state index in [0.717, 1.165) is 30.5 Å². The highest BCUT2D eigenvalue weighted by Crippen LogP contribution is 2.23. The zero-order valence-electron chi connectivity index (χ0n) is 14.3. The van der Waals surface area contributed by atoms with Gasteiger partial charge in [-0.3, -0.25) is 14.6 Å². The van der Waals surface area contributed by atoms with Gasteiger partial charge in [-0.2, -0.15) is 0 Å². The molecule has 0 aromatic carbocycles. The molecule has 1 aliphatic rings. The maximum Gasteiger partial charge on any atom is 0.271 e.